The Morgan fingerprint density at radius 2 is 2.12 bits per heavy atom. The van der Waals surface area contributed by atoms with Crippen LogP contribution in [0, 0.1) is 18.3 Å². The fourth-order valence-corrected chi connectivity index (χ4v) is 5.63. The molecule has 2 aromatic heterocycles. The van der Waals surface area contributed by atoms with Gasteiger partial charge in [0, 0.05) is 16.0 Å². The van der Waals surface area contributed by atoms with E-state index >= 15 is 0 Å². The first-order valence-corrected chi connectivity index (χ1v) is 9.95. The second-order valence-electron chi connectivity index (χ2n) is 6.07. The Balaban J connectivity index is 1.70. The second kappa shape index (κ2) is 6.54. The SMILES string of the molecule is Cc1nc(SCc2cccc(C#N)c2)c2c3c(sc2n1)CCCC3. The van der Waals surface area contributed by atoms with Gasteiger partial charge in [0.15, 0.2) is 0 Å². The maximum absolute atomic E-state index is 9.05. The number of hydrogen-bond acceptors (Lipinski definition) is 5. The quantitative estimate of drug-likeness (QED) is 0.490. The average Bonchev–Trinajstić information content (AvgIpc) is 2.98. The van der Waals surface area contributed by atoms with Crippen LogP contribution in [-0.2, 0) is 18.6 Å². The van der Waals surface area contributed by atoms with Gasteiger partial charge in [-0.05, 0) is 55.9 Å². The van der Waals surface area contributed by atoms with Crippen molar-refractivity contribution in [3.63, 3.8) is 0 Å². The van der Waals surface area contributed by atoms with Gasteiger partial charge in [-0.15, -0.1) is 23.1 Å². The molecule has 120 valence electrons. The Hall–Kier alpha value is -1.90. The molecule has 0 amide bonds. The van der Waals surface area contributed by atoms with Crippen LogP contribution in [0.2, 0.25) is 0 Å². The summed E-state index contributed by atoms with van der Waals surface area (Å²) in [6.45, 7) is 1.97. The molecule has 1 aromatic carbocycles. The van der Waals surface area contributed by atoms with Crippen LogP contribution in [0.1, 0.15) is 40.2 Å². The third-order valence-electron chi connectivity index (χ3n) is 4.32. The summed E-state index contributed by atoms with van der Waals surface area (Å²) < 4.78 is 0. The van der Waals surface area contributed by atoms with Crippen molar-refractivity contribution in [1.29, 1.82) is 5.26 Å². The highest BCUT2D eigenvalue weighted by Gasteiger charge is 2.20. The van der Waals surface area contributed by atoms with E-state index in [0.29, 0.717) is 5.56 Å². The van der Waals surface area contributed by atoms with Crippen LogP contribution >= 0.6 is 23.1 Å². The molecule has 3 aromatic rings. The van der Waals surface area contributed by atoms with Gasteiger partial charge in [-0.1, -0.05) is 12.1 Å². The van der Waals surface area contributed by atoms with Crippen molar-refractivity contribution in [3.05, 3.63) is 51.7 Å². The fourth-order valence-electron chi connectivity index (χ4n) is 3.21. The Morgan fingerprint density at radius 3 is 3.00 bits per heavy atom. The normalized spacial score (nSPS) is 13.7. The number of nitrogens with zero attached hydrogens (tertiary/aromatic N) is 3. The standard InChI is InChI=1S/C19H17N3S2/c1-12-21-18(23-11-14-6-4-5-13(9-14)10-20)17-15-7-2-3-8-16(15)24-19(17)22-12/h4-6,9H,2-3,7-8,11H2,1H3. The molecule has 0 fully saturated rings. The number of fused-ring (bicyclic) bond motifs is 3. The molecule has 0 saturated carbocycles. The van der Waals surface area contributed by atoms with Gasteiger partial charge in [-0.2, -0.15) is 5.26 Å². The summed E-state index contributed by atoms with van der Waals surface area (Å²) >= 11 is 3.61. The van der Waals surface area contributed by atoms with Crippen LogP contribution in [0.5, 0.6) is 0 Å². The molecule has 0 radical (unpaired) electrons. The van der Waals surface area contributed by atoms with E-state index in [1.807, 2.05) is 36.5 Å². The minimum atomic E-state index is 0.713. The van der Waals surface area contributed by atoms with Gasteiger partial charge < -0.3 is 0 Å². The van der Waals surface area contributed by atoms with Gasteiger partial charge in [-0.3, -0.25) is 0 Å². The molecule has 0 spiro atoms. The van der Waals surface area contributed by atoms with Crippen LogP contribution in [0.3, 0.4) is 0 Å². The molecule has 5 heteroatoms. The van der Waals surface area contributed by atoms with Gasteiger partial charge in [0.05, 0.1) is 11.6 Å². The maximum Gasteiger partial charge on any atom is 0.128 e. The summed E-state index contributed by atoms with van der Waals surface area (Å²) in [7, 11) is 0. The Kier molecular flexibility index (Phi) is 4.26. The van der Waals surface area contributed by atoms with Crippen LogP contribution in [-0.4, -0.2) is 9.97 Å². The largest absolute Gasteiger partial charge is 0.226 e. The first kappa shape index (κ1) is 15.6. The lowest BCUT2D eigenvalue weighted by atomic mass is 9.97. The lowest BCUT2D eigenvalue weighted by Crippen LogP contribution is -1.99. The van der Waals surface area contributed by atoms with Crippen molar-refractivity contribution in [2.24, 2.45) is 0 Å². The molecular formula is C19H17N3S2. The minimum Gasteiger partial charge on any atom is -0.226 e. The summed E-state index contributed by atoms with van der Waals surface area (Å²) in [6, 6.07) is 10.0. The van der Waals surface area contributed by atoms with E-state index in [1.165, 1.54) is 35.1 Å². The van der Waals surface area contributed by atoms with Gasteiger partial charge in [0.2, 0.25) is 0 Å². The number of thiophene rings is 1. The van der Waals surface area contributed by atoms with Crippen LogP contribution < -0.4 is 0 Å². The highest BCUT2D eigenvalue weighted by molar-refractivity contribution is 7.98. The van der Waals surface area contributed by atoms with Crippen LogP contribution in [0.4, 0.5) is 0 Å². The zero-order valence-electron chi connectivity index (χ0n) is 13.5. The van der Waals surface area contributed by atoms with Gasteiger partial charge in [0.1, 0.15) is 15.7 Å². The molecule has 0 N–H and O–H groups in total. The molecule has 0 saturated heterocycles. The van der Waals surface area contributed by atoms with E-state index in [4.69, 9.17) is 10.2 Å². The van der Waals surface area contributed by atoms with E-state index in [9.17, 15) is 0 Å². The fraction of sp³-hybridized carbons (Fsp3) is 0.316. The van der Waals surface area contributed by atoms with Crippen LogP contribution in [0.15, 0.2) is 29.3 Å². The van der Waals surface area contributed by atoms with Gasteiger partial charge >= 0.3 is 0 Å². The van der Waals surface area contributed by atoms with Gasteiger partial charge in [0.25, 0.3) is 0 Å². The summed E-state index contributed by atoms with van der Waals surface area (Å²) in [6.07, 6.45) is 4.89. The molecule has 1 aliphatic rings. The molecule has 4 rings (SSSR count). The third kappa shape index (κ3) is 2.92. The van der Waals surface area contributed by atoms with Crippen molar-refractivity contribution in [1.82, 2.24) is 9.97 Å². The molecule has 1 aliphatic carbocycles. The maximum atomic E-state index is 9.05. The zero-order chi connectivity index (χ0) is 16.5. The topological polar surface area (TPSA) is 49.6 Å². The highest BCUT2D eigenvalue weighted by atomic mass is 32.2. The highest BCUT2D eigenvalue weighted by Crippen LogP contribution is 2.40. The smallest absolute Gasteiger partial charge is 0.128 e. The number of nitriles is 1. The number of rotatable bonds is 3. The Bertz CT molecular complexity index is 953. The third-order valence-corrected chi connectivity index (χ3v) is 6.56. The molecule has 3 nitrogen and oxygen atoms in total. The molecule has 2 heterocycles. The lowest BCUT2D eigenvalue weighted by Gasteiger charge is -2.11. The van der Waals surface area contributed by atoms with Crippen molar-refractivity contribution >= 4 is 33.3 Å². The van der Waals surface area contributed by atoms with E-state index in [-0.39, 0.29) is 0 Å². The second-order valence-corrected chi connectivity index (χ2v) is 8.12. The number of thioether (sulfide) groups is 1. The molecule has 0 aliphatic heterocycles. The zero-order valence-corrected chi connectivity index (χ0v) is 15.1. The Labute approximate surface area is 149 Å². The molecule has 0 bridgehead atoms. The Morgan fingerprint density at radius 1 is 1.25 bits per heavy atom. The van der Waals surface area contributed by atoms with Crippen molar-refractivity contribution < 1.29 is 0 Å². The van der Waals surface area contributed by atoms with E-state index in [2.05, 4.69) is 17.1 Å². The molecule has 0 atom stereocenters. The van der Waals surface area contributed by atoms with Gasteiger partial charge in [-0.25, -0.2) is 9.97 Å². The van der Waals surface area contributed by atoms with E-state index < -0.39 is 0 Å². The van der Waals surface area contributed by atoms with Crippen LogP contribution in [0.25, 0.3) is 10.2 Å². The first-order chi connectivity index (χ1) is 11.7. The molecule has 24 heavy (non-hydrogen) atoms. The van der Waals surface area contributed by atoms with Crippen molar-refractivity contribution in [2.75, 3.05) is 0 Å². The number of hydrogen-bond donors (Lipinski definition) is 0. The molecular weight excluding hydrogens is 334 g/mol. The van der Waals surface area contributed by atoms with E-state index in [0.717, 1.165) is 33.4 Å². The predicted molar refractivity (Wildman–Crippen MR) is 99.5 cm³/mol. The first-order valence-electron chi connectivity index (χ1n) is 8.15. The monoisotopic (exact) mass is 351 g/mol. The number of aryl methyl sites for hydroxylation is 3. The summed E-state index contributed by atoms with van der Waals surface area (Å²) in [5.74, 6) is 1.67. The average molecular weight is 352 g/mol. The summed E-state index contributed by atoms with van der Waals surface area (Å²) in [5, 5.41) is 11.4. The predicted octanol–water partition coefficient (Wildman–Crippen LogP) is 5.04. The van der Waals surface area contributed by atoms with E-state index in [1.54, 1.807) is 11.8 Å². The number of aromatic nitrogens is 2. The number of benzene rings is 1. The summed E-state index contributed by atoms with van der Waals surface area (Å²) in [4.78, 5) is 12.1. The lowest BCUT2D eigenvalue weighted by molar-refractivity contribution is 0.699. The van der Waals surface area contributed by atoms with Crippen molar-refractivity contribution in [3.8, 4) is 6.07 Å². The molecule has 0 unspecified atom stereocenters. The minimum absolute atomic E-state index is 0.713. The van der Waals surface area contributed by atoms with Crippen molar-refractivity contribution in [2.45, 2.75) is 43.4 Å². The summed E-state index contributed by atoms with van der Waals surface area (Å²) in [5.41, 5.74) is 3.35.